The number of hydrogen-bond donors (Lipinski definition) is 2. The van der Waals surface area contributed by atoms with E-state index in [0.717, 1.165) is 31.0 Å². The fourth-order valence-corrected chi connectivity index (χ4v) is 1.10. The minimum Gasteiger partial charge on any atom is -0.303 e. The molecular weight excluding hydrogens is 180 g/mol. The Balaban J connectivity index is 0.00000121. The predicted octanol–water partition coefficient (Wildman–Crippen LogP) is -0.702. The van der Waals surface area contributed by atoms with Crippen LogP contribution in [0.1, 0.15) is 12.8 Å². The summed E-state index contributed by atoms with van der Waals surface area (Å²) >= 11 is 0. The van der Waals surface area contributed by atoms with E-state index in [2.05, 4.69) is 5.32 Å². The van der Waals surface area contributed by atoms with Gasteiger partial charge in [-0.2, -0.15) is 5.01 Å². The van der Waals surface area contributed by atoms with Crippen molar-refractivity contribution in [1.82, 2.24) is 15.4 Å². The molecule has 0 unspecified atom stereocenters. The van der Waals surface area contributed by atoms with Crippen molar-refractivity contribution in [3.8, 4) is 0 Å². The molecule has 1 amide bonds. The molecule has 1 saturated heterocycles. The van der Waals surface area contributed by atoms with E-state index in [-0.39, 0.29) is 12.4 Å². The van der Waals surface area contributed by atoms with E-state index in [1.54, 1.807) is 5.01 Å². The molecule has 5 nitrogen and oxygen atoms in total. The molecule has 0 aromatic heterocycles. The summed E-state index contributed by atoms with van der Waals surface area (Å²) < 4.78 is 0. The van der Waals surface area contributed by atoms with Crippen molar-refractivity contribution < 1.29 is 4.79 Å². The minimum atomic E-state index is 0. The standard InChI is InChI=1S/C6H14N4O.ClH/c7-10(6-11)9-4-2-1-3-8-5-9;/h6,8H,1-5,7H2;1H. The highest BCUT2D eigenvalue weighted by Gasteiger charge is 2.11. The van der Waals surface area contributed by atoms with Gasteiger partial charge in [0, 0.05) is 6.54 Å². The van der Waals surface area contributed by atoms with Gasteiger partial charge in [0.15, 0.2) is 0 Å². The lowest BCUT2D eigenvalue weighted by molar-refractivity contribution is -0.135. The van der Waals surface area contributed by atoms with Gasteiger partial charge in [0.05, 0.1) is 6.67 Å². The van der Waals surface area contributed by atoms with E-state index in [0.29, 0.717) is 13.1 Å². The van der Waals surface area contributed by atoms with Crippen LogP contribution in [0.2, 0.25) is 0 Å². The lowest BCUT2D eigenvalue weighted by Crippen LogP contribution is -2.49. The molecule has 1 aliphatic rings. The van der Waals surface area contributed by atoms with Crippen molar-refractivity contribution in [2.45, 2.75) is 12.8 Å². The second-order valence-electron chi connectivity index (χ2n) is 2.58. The number of carbonyl (C=O) groups is 1. The Hall–Kier alpha value is -0.360. The van der Waals surface area contributed by atoms with Crippen molar-refractivity contribution in [3.63, 3.8) is 0 Å². The Bertz CT molecular complexity index is 127. The van der Waals surface area contributed by atoms with Crippen LogP contribution in [-0.4, -0.2) is 36.3 Å². The second-order valence-corrected chi connectivity index (χ2v) is 2.58. The van der Waals surface area contributed by atoms with Crippen LogP contribution in [0.25, 0.3) is 0 Å². The molecular formula is C6H15ClN4O. The van der Waals surface area contributed by atoms with Crippen molar-refractivity contribution in [3.05, 3.63) is 0 Å². The Morgan fingerprint density at radius 1 is 1.50 bits per heavy atom. The van der Waals surface area contributed by atoms with Gasteiger partial charge in [0.25, 0.3) is 0 Å². The number of nitrogens with two attached hydrogens (primary N) is 1. The molecule has 1 fully saturated rings. The number of rotatable bonds is 2. The highest BCUT2D eigenvalue weighted by molar-refractivity contribution is 5.85. The highest BCUT2D eigenvalue weighted by atomic mass is 35.5. The number of halogens is 1. The molecule has 72 valence electrons. The van der Waals surface area contributed by atoms with E-state index in [1.165, 1.54) is 0 Å². The third kappa shape index (κ3) is 3.36. The fourth-order valence-electron chi connectivity index (χ4n) is 1.10. The smallest absolute Gasteiger partial charge is 0.238 e. The van der Waals surface area contributed by atoms with E-state index in [4.69, 9.17) is 5.84 Å². The summed E-state index contributed by atoms with van der Waals surface area (Å²) in [6, 6.07) is 0. The molecule has 0 aromatic carbocycles. The number of hydrazine groups is 2. The molecule has 0 atom stereocenters. The van der Waals surface area contributed by atoms with Crippen molar-refractivity contribution in [2.75, 3.05) is 19.8 Å². The third-order valence-electron chi connectivity index (χ3n) is 1.75. The first-order chi connectivity index (χ1) is 5.34. The summed E-state index contributed by atoms with van der Waals surface area (Å²) in [6.07, 6.45) is 2.84. The van der Waals surface area contributed by atoms with E-state index >= 15 is 0 Å². The zero-order valence-corrected chi connectivity index (χ0v) is 7.72. The Morgan fingerprint density at radius 2 is 2.25 bits per heavy atom. The van der Waals surface area contributed by atoms with Crippen LogP contribution in [0.4, 0.5) is 0 Å². The number of nitrogens with zero attached hydrogens (tertiary/aromatic N) is 2. The topological polar surface area (TPSA) is 61.6 Å². The quantitative estimate of drug-likeness (QED) is 0.264. The van der Waals surface area contributed by atoms with Crippen LogP contribution >= 0.6 is 12.4 Å². The van der Waals surface area contributed by atoms with Crippen LogP contribution in [0.15, 0.2) is 0 Å². The Labute approximate surface area is 78.2 Å². The summed E-state index contributed by atoms with van der Waals surface area (Å²) in [7, 11) is 0. The highest BCUT2D eigenvalue weighted by Crippen LogP contribution is 1.98. The van der Waals surface area contributed by atoms with Gasteiger partial charge in [-0.1, -0.05) is 0 Å². The fraction of sp³-hybridized carbons (Fsp3) is 0.833. The summed E-state index contributed by atoms with van der Waals surface area (Å²) in [5.41, 5.74) is 0. The lowest BCUT2D eigenvalue weighted by atomic mass is 10.3. The molecule has 0 bridgehead atoms. The van der Waals surface area contributed by atoms with Crippen LogP contribution in [0.5, 0.6) is 0 Å². The molecule has 0 aromatic rings. The Kier molecular flexibility index (Phi) is 6.00. The average molecular weight is 195 g/mol. The maximum Gasteiger partial charge on any atom is 0.238 e. The summed E-state index contributed by atoms with van der Waals surface area (Å²) in [4.78, 5) is 10.2. The summed E-state index contributed by atoms with van der Waals surface area (Å²) in [6.45, 7) is 2.51. The normalized spacial score (nSPS) is 19.1. The van der Waals surface area contributed by atoms with Crippen molar-refractivity contribution in [1.29, 1.82) is 0 Å². The molecule has 1 rings (SSSR count). The first-order valence-corrected chi connectivity index (χ1v) is 3.79. The first kappa shape index (κ1) is 11.6. The first-order valence-electron chi connectivity index (χ1n) is 3.79. The van der Waals surface area contributed by atoms with Crippen LogP contribution < -0.4 is 11.2 Å². The molecule has 1 aliphatic heterocycles. The summed E-state index contributed by atoms with van der Waals surface area (Å²) in [5.74, 6) is 5.37. The van der Waals surface area contributed by atoms with Gasteiger partial charge in [-0.15, -0.1) is 12.4 Å². The maximum absolute atomic E-state index is 10.2. The van der Waals surface area contributed by atoms with Crippen molar-refractivity contribution in [2.24, 2.45) is 5.84 Å². The number of nitrogens with one attached hydrogen (secondary N) is 1. The van der Waals surface area contributed by atoms with E-state index in [9.17, 15) is 4.79 Å². The molecule has 0 aliphatic carbocycles. The Morgan fingerprint density at radius 3 is 2.92 bits per heavy atom. The maximum atomic E-state index is 10.2. The predicted molar refractivity (Wildman–Crippen MR) is 48.1 cm³/mol. The van der Waals surface area contributed by atoms with Gasteiger partial charge in [-0.3, -0.25) is 4.79 Å². The zero-order chi connectivity index (χ0) is 8.10. The monoisotopic (exact) mass is 194 g/mol. The molecule has 1 heterocycles. The number of amides is 1. The van der Waals surface area contributed by atoms with Gasteiger partial charge in [0.1, 0.15) is 0 Å². The zero-order valence-electron chi connectivity index (χ0n) is 6.90. The molecule has 12 heavy (non-hydrogen) atoms. The summed E-state index contributed by atoms with van der Waals surface area (Å²) in [5, 5.41) is 6.03. The second kappa shape index (κ2) is 6.19. The number of carbonyl (C=O) groups excluding carboxylic acids is 1. The van der Waals surface area contributed by atoms with Crippen LogP contribution in [0, 0.1) is 0 Å². The molecule has 0 spiro atoms. The van der Waals surface area contributed by atoms with Gasteiger partial charge in [-0.05, 0) is 19.4 Å². The number of hydrogen-bond acceptors (Lipinski definition) is 4. The SMILES string of the molecule is Cl.NN(C=O)N1CCCCNC1. The van der Waals surface area contributed by atoms with Gasteiger partial charge in [0.2, 0.25) is 6.41 Å². The molecule has 6 heteroatoms. The largest absolute Gasteiger partial charge is 0.303 e. The van der Waals surface area contributed by atoms with Crippen molar-refractivity contribution >= 4 is 18.8 Å². The van der Waals surface area contributed by atoms with Gasteiger partial charge < -0.3 is 5.32 Å². The van der Waals surface area contributed by atoms with Gasteiger partial charge >= 0.3 is 0 Å². The average Bonchev–Trinajstić information content (AvgIpc) is 2.30. The molecule has 3 N–H and O–H groups in total. The minimum absolute atomic E-state index is 0. The third-order valence-corrected chi connectivity index (χ3v) is 1.75. The van der Waals surface area contributed by atoms with Crippen LogP contribution in [-0.2, 0) is 4.79 Å². The van der Waals surface area contributed by atoms with Gasteiger partial charge in [-0.25, -0.2) is 11.0 Å². The van der Waals surface area contributed by atoms with E-state index in [1.807, 2.05) is 0 Å². The van der Waals surface area contributed by atoms with E-state index < -0.39 is 0 Å². The molecule has 0 saturated carbocycles. The molecule has 0 radical (unpaired) electrons. The van der Waals surface area contributed by atoms with Crippen LogP contribution in [0.3, 0.4) is 0 Å². The lowest BCUT2D eigenvalue weighted by Gasteiger charge is -2.25.